The molecule has 0 spiro atoms. The Balaban J connectivity index is 1.72. The van der Waals surface area contributed by atoms with Crippen molar-refractivity contribution in [2.45, 2.75) is 39.3 Å². The Bertz CT molecular complexity index is 1410. The molecule has 0 unspecified atom stereocenters. The van der Waals surface area contributed by atoms with Crippen LogP contribution in [0, 0.1) is 15.2 Å². The van der Waals surface area contributed by atoms with Crippen LogP contribution in [0.1, 0.15) is 37.5 Å². The van der Waals surface area contributed by atoms with Gasteiger partial charge < -0.3 is 15.2 Å². The second kappa shape index (κ2) is 11.6. The Morgan fingerprint density at radius 3 is 2.46 bits per heavy atom. The normalized spacial score (nSPS) is 11.7. The van der Waals surface area contributed by atoms with Crippen molar-refractivity contribution in [1.82, 2.24) is 9.44 Å². The molecular formula is C25H26F2IN3O5S. The van der Waals surface area contributed by atoms with Gasteiger partial charge in [0.25, 0.3) is 0 Å². The minimum Gasteiger partial charge on any atom is -0.455 e. The number of amides is 1. The van der Waals surface area contributed by atoms with Crippen LogP contribution in [-0.2, 0) is 27.9 Å². The van der Waals surface area contributed by atoms with E-state index < -0.39 is 33.5 Å². The maximum Gasteiger partial charge on any atom is 0.422 e. The summed E-state index contributed by atoms with van der Waals surface area (Å²) in [6.07, 6.45) is -1.05. The second-order valence-corrected chi connectivity index (χ2v) is 11.8. The van der Waals surface area contributed by atoms with Gasteiger partial charge in [0, 0.05) is 22.6 Å². The SMILES string of the molecule is CC(C)(C)OC(=O)NS(=O)(=O)NCc1cccc(Oc2cc(F)cc(Cc3ccc(I)cc3F)c2N)c1. The number of nitrogens with one attached hydrogen (secondary N) is 2. The summed E-state index contributed by atoms with van der Waals surface area (Å²) in [6.45, 7) is 4.64. The summed E-state index contributed by atoms with van der Waals surface area (Å²) in [5, 5.41) is 0. The zero-order valence-electron chi connectivity index (χ0n) is 20.3. The third-order valence-electron chi connectivity index (χ3n) is 4.80. The first-order chi connectivity index (χ1) is 17.2. The average molecular weight is 645 g/mol. The van der Waals surface area contributed by atoms with E-state index in [0.717, 1.165) is 9.64 Å². The van der Waals surface area contributed by atoms with Crippen molar-refractivity contribution < 1.29 is 31.5 Å². The number of carbonyl (C=O) groups is 1. The van der Waals surface area contributed by atoms with Gasteiger partial charge in [-0.15, -0.1) is 0 Å². The fourth-order valence-electron chi connectivity index (χ4n) is 3.22. The number of hydrogen-bond acceptors (Lipinski definition) is 6. The van der Waals surface area contributed by atoms with Crippen molar-refractivity contribution in [2.75, 3.05) is 5.73 Å². The lowest BCUT2D eigenvalue weighted by Gasteiger charge is -2.19. The number of hydrogen-bond donors (Lipinski definition) is 3. The smallest absolute Gasteiger partial charge is 0.422 e. The summed E-state index contributed by atoms with van der Waals surface area (Å²) in [6, 6.07) is 13.4. The predicted molar refractivity (Wildman–Crippen MR) is 144 cm³/mol. The summed E-state index contributed by atoms with van der Waals surface area (Å²) >= 11 is 2.00. The fourth-order valence-corrected chi connectivity index (χ4v) is 4.36. The average Bonchev–Trinajstić information content (AvgIpc) is 2.76. The van der Waals surface area contributed by atoms with E-state index in [9.17, 15) is 22.0 Å². The van der Waals surface area contributed by atoms with Crippen LogP contribution in [0.5, 0.6) is 11.5 Å². The van der Waals surface area contributed by atoms with E-state index in [0.29, 0.717) is 16.7 Å². The number of halogens is 3. The molecular weight excluding hydrogens is 619 g/mol. The number of ether oxygens (including phenoxy) is 2. The topological polar surface area (TPSA) is 120 Å². The zero-order chi connectivity index (χ0) is 27.4. The van der Waals surface area contributed by atoms with Crippen molar-refractivity contribution in [3.8, 4) is 11.5 Å². The molecule has 0 saturated carbocycles. The highest BCUT2D eigenvalue weighted by molar-refractivity contribution is 14.1. The molecule has 0 aliphatic rings. The Labute approximate surface area is 227 Å². The van der Waals surface area contributed by atoms with Crippen LogP contribution >= 0.6 is 22.6 Å². The summed E-state index contributed by atoms with van der Waals surface area (Å²) in [5.41, 5.74) is 6.70. The van der Waals surface area contributed by atoms with Gasteiger partial charge in [0.2, 0.25) is 0 Å². The Morgan fingerprint density at radius 2 is 1.78 bits per heavy atom. The van der Waals surface area contributed by atoms with Crippen LogP contribution in [0.4, 0.5) is 19.3 Å². The molecule has 0 aliphatic carbocycles. The number of nitrogen functional groups attached to an aromatic ring is 1. The molecule has 0 aliphatic heterocycles. The molecule has 1 amide bonds. The van der Waals surface area contributed by atoms with Crippen LogP contribution in [0.15, 0.2) is 54.6 Å². The molecule has 3 rings (SSSR count). The highest BCUT2D eigenvalue weighted by atomic mass is 127. The van der Waals surface area contributed by atoms with Crippen molar-refractivity contribution >= 4 is 44.6 Å². The highest BCUT2D eigenvalue weighted by Crippen LogP contribution is 2.33. The van der Waals surface area contributed by atoms with Gasteiger partial charge in [0.15, 0.2) is 5.75 Å². The summed E-state index contributed by atoms with van der Waals surface area (Å²) < 4.78 is 68.4. The maximum absolute atomic E-state index is 14.4. The first-order valence-corrected chi connectivity index (χ1v) is 13.6. The van der Waals surface area contributed by atoms with Gasteiger partial charge in [-0.25, -0.2) is 18.3 Å². The lowest BCUT2D eigenvalue weighted by atomic mass is 10.0. The van der Waals surface area contributed by atoms with Crippen molar-refractivity contribution in [3.05, 3.63) is 86.5 Å². The number of benzene rings is 3. The third-order valence-corrected chi connectivity index (χ3v) is 6.43. The first kappa shape index (κ1) is 28.6. The number of anilines is 1. The van der Waals surface area contributed by atoms with E-state index in [1.54, 1.807) is 55.8 Å². The van der Waals surface area contributed by atoms with Crippen LogP contribution < -0.4 is 19.9 Å². The zero-order valence-corrected chi connectivity index (χ0v) is 23.2. The molecule has 8 nitrogen and oxygen atoms in total. The second-order valence-electron chi connectivity index (χ2n) is 9.07. The van der Waals surface area contributed by atoms with Crippen LogP contribution in [0.2, 0.25) is 0 Å². The van der Waals surface area contributed by atoms with Crippen LogP contribution in [-0.4, -0.2) is 20.1 Å². The maximum atomic E-state index is 14.4. The fraction of sp³-hybridized carbons (Fsp3) is 0.240. The predicted octanol–water partition coefficient (Wildman–Crippen LogP) is 5.39. The minimum absolute atomic E-state index is 0.0326. The largest absolute Gasteiger partial charge is 0.455 e. The molecule has 3 aromatic rings. The molecule has 0 fully saturated rings. The van der Waals surface area contributed by atoms with E-state index >= 15 is 0 Å². The van der Waals surface area contributed by atoms with Gasteiger partial charge in [-0.2, -0.15) is 13.1 Å². The lowest BCUT2D eigenvalue weighted by Crippen LogP contribution is -2.42. The molecule has 0 aromatic heterocycles. The van der Waals surface area contributed by atoms with Gasteiger partial charge in [0.1, 0.15) is 23.0 Å². The number of nitrogens with two attached hydrogens (primary N) is 1. The Kier molecular flexibility index (Phi) is 8.97. The monoisotopic (exact) mass is 645 g/mol. The Hall–Kier alpha value is -2.97. The van der Waals surface area contributed by atoms with Crippen LogP contribution in [0.3, 0.4) is 0 Å². The number of rotatable bonds is 8. The molecule has 4 N–H and O–H groups in total. The summed E-state index contributed by atoms with van der Waals surface area (Å²) in [4.78, 5) is 11.7. The van der Waals surface area contributed by atoms with Gasteiger partial charge in [-0.05, 0) is 90.4 Å². The Morgan fingerprint density at radius 1 is 1.05 bits per heavy atom. The molecule has 0 radical (unpaired) electrons. The summed E-state index contributed by atoms with van der Waals surface area (Å²) in [7, 11) is -4.19. The molecule has 0 heterocycles. The van der Waals surface area contributed by atoms with Gasteiger partial charge in [0.05, 0.1) is 5.69 Å². The quantitative estimate of drug-likeness (QED) is 0.223. The first-order valence-electron chi connectivity index (χ1n) is 11.0. The van der Waals surface area contributed by atoms with Crippen LogP contribution in [0.25, 0.3) is 0 Å². The molecule has 12 heteroatoms. The molecule has 37 heavy (non-hydrogen) atoms. The van der Waals surface area contributed by atoms with Crippen molar-refractivity contribution in [3.63, 3.8) is 0 Å². The van der Waals surface area contributed by atoms with E-state index in [-0.39, 0.29) is 30.2 Å². The van der Waals surface area contributed by atoms with Gasteiger partial charge >= 0.3 is 16.3 Å². The molecule has 198 valence electrons. The minimum atomic E-state index is -4.19. The third kappa shape index (κ3) is 8.83. The lowest BCUT2D eigenvalue weighted by molar-refractivity contribution is 0.0569. The highest BCUT2D eigenvalue weighted by Gasteiger charge is 2.21. The van der Waals surface area contributed by atoms with E-state index in [1.165, 1.54) is 18.2 Å². The van der Waals surface area contributed by atoms with Crippen molar-refractivity contribution in [1.29, 1.82) is 0 Å². The molecule has 3 aromatic carbocycles. The number of carbonyl (C=O) groups excluding carboxylic acids is 1. The van der Waals surface area contributed by atoms with Crippen molar-refractivity contribution in [2.24, 2.45) is 0 Å². The van der Waals surface area contributed by atoms with Gasteiger partial charge in [-0.1, -0.05) is 18.2 Å². The molecule has 0 atom stereocenters. The van der Waals surface area contributed by atoms with E-state index in [2.05, 4.69) is 4.72 Å². The van der Waals surface area contributed by atoms with Gasteiger partial charge in [-0.3, -0.25) is 0 Å². The molecule has 0 saturated heterocycles. The van der Waals surface area contributed by atoms with E-state index in [1.807, 2.05) is 22.6 Å². The summed E-state index contributed by atoms with van der Waals surface area (Å²) in [5.74, 6) is -0.734. The molecule has 0 bridgehead atoms. The van der Waals surface area contributed by atoms with E-state index in [4.69, 9.17) is 15.2 Å². The standard InChI is InChI=1S/C25H26F2IN3O5S/c1-25(2,3)36-24(32)31-37(33,34)30-14-15-5-4-6-20(9-15)35-22-12-18(26)11-17(23(22)29)10-16-7-8-19(28)13-21(16)27/h4-9,11-13,30H,10,14,29H2,1-3H3,(H,31,32).